The minimum absolute atomic E-state index is 0.131. The van der Waals surface area contributed by atoms with Crippen LogP contribution in [0.5, 0.6) is 0 Å². The molecule has 0 bridgehead atoms. The Bertz CT molecular complexity index is 494. The van der Waals surface area contributed by atoms with Crippen molar-refractivity contribution in [3.63, 3.8) is 0 Å². The molecule has 0 atom stereocenters. The first-order chi connectivity index (χ1) is 7.77. The topological polar surface area (TPSA) is 59.9 Å². The fraction of sp³-hybridized carbons (Fsp3) is 0.0909. The van der Waals surface area contributed by atoms with E-state index in [9.17, 15) is 9.59 Å². The van der Waals surface area contributed by atoms with Crippen molar-refractivity contribution in [3.05, 3.63) is 46.7 Å². The second kappa shape index (κ2) is 4.76. The van der Waals surface area contributed by atoms with E-state index in [4.69, 9.17) is 0 Å². The van der Waals surface area contributed by atoms with Gasteiger partial charge < -0.3 is 0 Å². The van der Waals surface area contributed by atoms with E-state index in [2.05, 4.69) is 9.97 Å². The van der Waals surface area contributed by atoms with Gasteiger partial charge in [-0.15, -0.1) is 11.3 Å². The van der Waals surface area contributed by atoms with Crippen molar-refractivity contribution in [1.82, 2.24) is 9.97 Å². The van der Waals surface area contributed by atoms with Crippen LogP contribution in [0.3, 0.4) is 0 Å². The van der Waals surface area contributed by atoms with Crippen LogP contribution in [0, 0.1) is 0 Å². The van der Waals surface area contributed by atoms with Crippen LogP contribution in [0.15, 0.2) is 36.2 Å². The second-order valence-corrected chi connectivity index (χ2v) is 4.02. The van der Waals surface area contributed by atoms with Crippen molar-refractivity contribution in [2.45, 2.75) is 6.42 Å². The predicted octanol–water partition coefficient (Wildman–Crippen LogP) is 1.99. The van der Waals surface area contributed by atoms with Crippen LogP contribution in [0.2, 0.25) is 0 Å². The van der Waals surface area contributed by atoms with Gasteiger partial charge >= 0.3 is 0 Å². The maximum Gasteiger partial charge on any atom is 0.182 e. The number of rotatable bonds is 4. The summed E-state index contributed by atoms with van der Waals surface area (Å²) < 4.78 is 0. The molecule has 0 aliphatic rings. The minimum atomic E-state index is -0.216. The number of ketones is 2. The third-order valence-corrected chi connectivity index (χ3v) is 2.83. The number of carbonyl (C=O) groups is 2. The maximum absolute atomic E-state index is 11.7. The van der Waals surface area contributed by atoms with Crippen molar-refractivity contribution in [1.29, 1.82) is 0 Å². The Morgan fingerprint density at radius 1 is 1.19 bits per heavy atom. The Morgan fingerprint density at radius 3 is 2.69 bits per heavy atom. The molecular weight excluding hydrogens is 224 g/mol. The smallest absolute Gasteiger partial charge is 0.182 e. The van der Waals surface area contributed by atoms with Crippen LogP contribution < -0.4 is 0 Å². The lowest BCUT2D eigenvalue weighted by atomic mass is 10.1. The van der Waals surface area contributed by atoms with Gasteiger partial charge in [0, 0.05) is 24.2 Å². The van der Waals surface area contributed by atoms with E-state index in [-0.39, 0.29) is 18.0 Å². The molecule has 0 fully saturated rings. The van der Waals surface area contributed by atoms with Crippen LogP contribution in [-0.4, -0.2) is 21.5 Å². The Morgan fingerprint density at radius 2 is 2.06 bits per heavy atom. The van der Waals surface area contributed by atoms with Gasteiger partial charge in [0.1, 0.15) is 0 Å². The maximum atomic E-state index is 11.7. The van der Waals surface area contributed by atoms with Crippen LogP contribution >= 0.6 is 11.3 Å². The molecule has 0 amide bonds. The molecule has 2 rings (SSSR count). The number of carbonyl (C=O) groups excluding carboxylic acids is 2. The van der Waals surface area contributed by atoms with E-state index >= 15 is 0 Å². The van der Waals surface area contributed by atoms with Gasteiger partial charge in [-0.25, -0.2) is 0 Å². The fourth-order valence-electron chi connectivity index (χ4n) is 1.22. The van der Waals surface area contributed by atoms with Gasteiger partial charge in [0.25, 0.3) is 0 Å². The molecule has 16 heavy (non-hydrogen) atoms. The average molecular weight is 232 g/mol. The van der Waals surface area contributed by atoms with Gasteiger partial charge in [0.15, 0.2) is 11.6 Å². The summed E-state index contributed by atoms with van der Waals surface area (Å²) in [5.41, 5.74) is 2.03. The number of hydrogen-bond acceptors (Lipinski definition) is 5. The molecule has 0 saturated heterocycles. The lowest BCUT2D eigenvalue weighted by Gasteiger charge is -1.97. The molecule has 80 valence electrons. The van der Waals surface area contributed by atoms with E-state index in [0.717, 1.165) is 0 Å². The number of hydrogen-bond donors (Lipinski definition) is 0. The molecule has 0 N–H and O–H groups in total. The van der Waals surface area contributed by atoms with Crippen molar-refractivity contribution >= 4 is 22.9 Å². The first kappa shape index (κ1) is 10.6. The van der Waals surface area contributed by atoms with E-state index in [1.54, 1.807) is 23.8 Å². The summed E-state index contributed by atoms with van der Waals surface area (Å²) >= 11 is 1.24. The molecule has 0 radical (unpaired) electrons. The standard InChI is InChI=1S/C11H8N2O2S/c14-9(8-2-1-3-12-5-8)4-10(15)11-6-13-7-16-11/h1-3,5-7H,4H2. The quantitative estimate of drug-likeness (QED) is 0.597. The summed E-state index contributed by atoms with van der Waals surface area (Å²) in [5.74, 6) is -0.414. The number of Topliss-reactive ketones (excluding diaryl/α,β-unsaturated/α-hetero) is 2. The average Bonchev–Trinajstić information content (AvgIpc) is 2.83. The summed E-state index contributed by atoms with van der Waals surface area (Å²) in [7, 11) is 0. The third kappa shape index (κ3) is 2.38. The molecule has 0 aliphatic heterocycles. The molecule has 5 heteroatoms. The first-order valence-corrected chi connectivity index (χ1v) is 5.50. The summed E-state index contributed by atoms with van der Waals surface area (Å²) in [6.45, 7) is 0. The highest BCUT2D eigenvalue weighted by atomic mass is 32.1. The van der Waals surface area contributed by atoms with Gasteiger partial charge in [-0.05, 0) is 12.1 Å². The van der Waals surface area contributed by atoms with Gasteiger partial charge in [-0.3, -0.25) is 19.6 Å². The number of pyridine rings is 1. The Balaban J connectivity index is 2.06. The second-order valence-electron chi connectivity index (χ2n) is 3.13. The van der Waals surface area contributed by atoms with Gasteiger partial charge in [-0.1, -0.05) is 0 Å². The highest BCUT2D eigenvalue weighted by Gasteiger charge is 2.14. The van der Waals surface area contributed by atoms with Crippen LogP contribution in [0.4, 0.5) is 0 Å². The summed E-state index contributed by atoms with van der Waals surface area (Å²) in [5, 5.41) is 0. The van der Waals surface area contributed by atoms with Crippen LogP contribution in [-0.2, 0) is 0 Å². The Kier molecular flexibility index (Phi) is 3.16. The molecule has 2 aromatic heterocycles. The number of nitrogens with zero attached hydrogens (tertiary/aromatic N) is 2. The summed E-state index contributed by atoms with van der Waals surface area (Å²) in [4.78, 5) is 31.4. The molecule has 0 spiro atoms. The number of thiazole rings is 1. The predicted molar refractivity (Wildman–Crippen MR) is 59.6 cm³/mol. The first-order valence-electron chi connectivity index (χ1n) is 4.62. The zero-order valence-corrected chi connectivity index (χ0v) is 9.11. The lowest BCUT2D eigenvalue weighted by molar-refractivity contribution is 0.0896. The molecule has 2 aromatic rings. The third-order valence-electron chi connectivity index (χ3n) is 2.01. The summed E-state index contributed by atoms with van der Waals surface area (Å²) in [6.07, 6.45) is 4.39. The van der Waals surface area contributed by atoms with Gasteiger partial charge in [0.2, 0.25) is 0 Å². The normalized spacial score (nSPS) is 10.0. The fourth-order valence-corrected chi connectivity index (χ4v) is 1.78. The van der Waals surface area contributed by atoms with Crippen molar-refractivity contribution in [2.75, 3.05) is 0 Å². The van der Waals surface area contributed by atoms with Crippen molar-refractivity contribution < 1.29 is 9.59 Å². The zero-order chi connectivity index (χ0) is 11.4. The Hall–Kier alpha value is -1.88. The van der Waals surface area contributed by atoms with E-state index in [1.165, 1.54) is 23.7 Å². The molecule has 2 heterocycles. The Labute approximate surface area is 96.0 Å². The monoisotopic (exact) mass is 232 g/mol. The van der Waals surface area contributed by atoms with E-state index < -0.39 is 0 Å². The van der Waals surface area contributed by atoms with Crippen molar-refractivity contribution in [3.8, 4) is 0 Å². The SMILES string of the molecule is O=C(CC(=O)c1cncs1)c1cccnc1. The lowest BCUT2D eigenvalue weighted by Crippen LogP contribution is -2.07. The minimum Gasteiger partial charge on any atom is -0.294 e. The van der Waals surface area contributed by atoms with Crippen molar-refractivity contribution in [2.24, 2.45) is 0 Å². The summed E-state index contributed by atoms with van der Waals surface area (Å²) in [6, 6.07) is 3.32. The molecule has 0 aromatic carbocycles. The van der Waals surface area contributed by atoms with E-state index in [1.807, 2.05) is 0 Å². The molecule has 0 saturated carbocycles. The van der Waals surface area contributed by atoms with Gasteiger partial charge in [-0.2, -0.15) is 0 Å². The molecule has 0 aliphatic carbocycles. The highest BCUT2D eigenvalue weighted by molar-refractivity contribution is 7.11. The van der Waals surface area contributed by atoms with Gasteiger partial charge in [0.05, 0.1) is 16.8 Å². The highest BCUT2D eigenvalue weighted by Crippen LogP contribution is 2.11. The largest absolute Gasteiger partial charge is 0.294 e. The van der Waals surface area contributed by atoms with Crippen LogP contribution in [0.1, 0.15) is 26.5 Å². The zero-order valence-electron chi connectivity index (χ0n) is 8.29. The molecular formula is C11H8N2O2S. The molecule has 4 nitrogen and oxygen atoms in total. The molecule has 0 unspecified atom stereocenters. The van der Waals surface area contributed by atoms with Crippen LogP contribution in [0.25, 0.3) is 0 Å². The number of aromatic nitrogens is 2. The van der Waals surface area contributed by atoms with E-state index in [0.29, 0.717) is 10.4 Å².